The molecule has 9 heavy (non-hydrogen) atoms. The summed E-state index contributed by atoms with van der Waals surface area (Å²) >= 11 is 0. The predicted octanol–water partition coefficient (Wildman–Crippen LogP) is 1.21. The van der Waals surface area contributed by atoms with Crippen LogP contribution in [0.2, 0.25) is 0 Å². The van der Waals surface area contributed by atoms with Crippen molar-refractivity contribution in [3.8, 4) is 0 Å². The van der Waals surface area contributed by atoms with Gasteiger partial charge in [-0.05, 0) is 12.8 Å². The Morgan fingerprint density at radius 1 is 1.44 bits per heavy atom. The zero-order chi connectivity index (χ0) is 5.82. The molecule has 0 bridgehead atoms. The lowest BCUT2D eigenvalue weighted by molar-refractivity contribution is 0.721. The Morgan fingerprint density at radius 2 is 2.22 bits per heavy atom. The van der Waals surface area contributed by atoms with E-state index in [4.69, 9.17) is 0 Å². The first-order chi connectivity index (χ1) is 3.93. The zero-order valence-electron chi connectivity index (χ0n) is 5.68. The molecule has 0 aromatic rings. The summed E-state index contributed by atoms with van der Waals surface area (Å²) in [5.41, 5.74) is 0. The fourth-order valence-electron chi connectivity index (χ4n) is 0.901. The largest absolute Gasteiger partial charge is 0.377 e. The standard InChI is InChI=1S/C6H12N2.ClH/c1-7-6-4-2-3-5-8-6;/h2-5H2,1H3,(H,7,8);1H. The second kappa shape index (κ2) is 4.62. The maximum atomic E-state index is 4.25. The molecule has 1 rings (SSSR count). The van der Waals surface area contributed by atoms with Gasteiger partial charge < -0.3 is 5.32 Å². The third kappa shape index (κ3) is 2.70. The highest BCUT2D eigenvalue weighted by Crippen LogP contribution is 2.02. The van der Waals surface area contributed by atoms with Crippen molar-refractivity contribution in [2.45, 2.75) is 19.3 Å². The highest BCUT2D eigenvalue weighted by Gasteiger charge is 2.00. The van der Waals surface area contributed by atoms with Crippen LogP contribution in [-0.4, -0.2) is 19.4 Å². The van der Waals surface area contributed by atoms with Gasteiger partial charge in [-0.25, -0.2) is 0 Å². The molecule has 0 unspecified atom stereocenters. The molecule has 54 valence electrons. The molecule has 0 amide bonds. The van der Waals surface area contributed by atoms with Gasteiger partial charge in [-0.2, -0.15) is 0 Å². The number of halogens is 1. The smallest absolute Gasteiger partial charge is 0.0960 e. The van der Waals surface area contributed by atoms with Gasteiger partial charge in [0.05, 0.1) is 5.84 Å². The van der Waals surface area contributed by atoms with E-state index >= 15 is 0 Å². The van der Waals surface area contributed by atoms with E-state index in [1.807, 2.05) is 7.05 Å². The van der Waals surface area contributed by atoms with Crippen molar-refractivity contribution in [1.29, 1.82) is 0 Å². The van der Waals surface area contributed by atoms with Crippen molar-refractivity contribution >= 4 is 18.2 Å². The average molecular weight is 149 g/mol. The van der Waals surface area contributed by atoms with Gasteiger partial charge in [0.1, 0.15) is 0 Å². The predicted molar refractivity (Wildman–Crippen MR) is 42.5 cm³/mol. The second-order valence-corrected chi connectivity index (χ2v) is 2.04. The topological polar surface area (TPSA) is 24.4 Å². The van der Waals surface area contributed by atoms with Crippen molar-refractivity contribution in [2.24, 2.45) is 4.99 Å². The molecular weight excluding hydrogens is 136 g/mol. The first kappa shape index (κ1) is 8.76. The van der Waals surface area contributed by atoms with E-state index in [1.165, 1.54) is 18.7 Å². The van der Waals surface area contributed by atoms with Crippen LogP contribution in [-0.2, 0) is 0 Å². The Hall–Kier alpha value is -0.240. The molecule has 0 saturated carbocycles. The van der Waals surface area contributed by atoms with E-state index in [9.17, 15) is 0 Å². The minimum atomic E-state index is 0. The van der Waals surface area contributed by atoms with Gasteiger partial charge in [-0.15, -0.1) is 12.4 Å². The molecule has 0 spiro atoms. The SMILES string of the molecule is CNC1=NCCCC1.Cl. The number of hydrogen-bond acceptors (Lipinski definition) is 2. The molecule has 0 atom stereocenters. The Bertz CT molecular complexity index is 101. The van der Waals surface area contributed by atoms with Gasteiger partial charge in [-0.3, -0.25) is 4.99 Å². The van der Waals surface area contributed by atoms with Crippen molar-refractivity contribution in [2.75, 3.05) is 13.6 Å². The summed E-state index contributed by atoms with van der Waals surface area (Å²) in [6, 6.07) is 0. The van der Waals surface area contributed by atoms with Crippen molar-refractivity contribution in [3.63, 3.8) is 0 Å². The normalized spacial score (nSPS) is 17.7. The summed E-state index contributed by atoms with van der Waals surface area (Å²) in [5, 5.41) is 3.05. The molecule has 3 heteroatoms. The van der Waals surface area contributed by atoms with Crippen molar-refractivity contribution in [3.05, 3.63) is 0 Å². The molecule has 0 radical (unpaired) electrons. The molecule has 1 heterocycles. The first-order valence-corrected chi connectivity index (χ1v) is 3.14. The van der Waals surface area contributed by atoms with E-state index in [-0.39, 0.29) is 12.4 Å². The van der Waals surface area contributed by atoms with Gasteiger partial charge in [0, 0.05) is 20.0 Å². The maximum Gasteiger partial charge on any atom is 0.0960 e. The number of nitrogens with zero attached hydrogens (tertiary/aromatic N) is 1. The summed E-state index contributed by atoms with van der Waals surface area (Å²) in [4.78, 5) is 4.25. The second-order valence-electron chi connectivity index (χ2n) is 2.04. The van der Waals surface area contributed by atoms with Crippen LogP contribution in [0.5, 0.6) is 0 Å². The van der Waals surface area contributed by atoms with E-state index in [0.717, 1.165) is 13.0 Å². The lowest BCUT2D eigenvalue weighted by Crippen LogP contribution is -2.20. The van der Waals surface area contributed by atoms with Crippen LogP contribution >= 0.6 is 12.4 Å². The Labute approximate surface area is 62.2 Å². The van der Waals surface area contributed by atoms with Crippen LogP contribution in [0.15, 0.2) is 4.99 Å². The van der Waals surface area contributed by atoms with Gasteiger partial charge in [-0.1, -0.05) is 0 Å². The summed E-state index contributed by atoms with van der Waals surface area (Å²) in [7, 11) is 1.93. The lowest BCUT2D eigenvalue weighted by Gasteiger charge is -2.09. The van der Waals surface area contributed by atoms with E-state index in [2.05, 4.69) is 10.3 Å². The monoisotopic (exact) mass is 148 g/mol. The number of amidine groups is 1. The molecule has 0 aliphatic carbocycles. The van der Waals surface area contributed by atoms with Gasteiger partial charge in [0.15, 0.2) is 0 Å². The van der Waals surface area contributed by atoms with Gasteiger partial charge in [0.2, 0.25) is 0 Å². The molecule has 0 saturated heterocycles. The van der Waals surface area contributed by atoms with Crippen LogP contribution in [0.25, 0.3) is 0 Å². The average Bonchev–Trinajstić information content (AvgIpc) is 1.90. The summed E-state index contributed by atoms with van der Waals surface area (Å²) in [6.45, 7) is 1.02. The molecule has 2 nitrogen and oxygen atoms in total. The quantitative estimate of drug-likeness (QED) is 0.549. The molecule has 1 N–H and O–H groups in total. The molecule has 1 aliphatic heterocycles. The van der Waals surface area contributed by atoms with Gasteiger partial charge in [0.25, 0.3) is 0 Å². The molecule has 0 aromatic carbocycles. The molecule has 1 aliphatic rings. The van der Waals surface area contributed by atoms with Crippen LogP contribution in [0.3, 0.4) is 0 Å². The van der Waals surface area contributed by atoms with Crippen molar-refractivity contribution < 1.29 is 0 Å². The molecule has 0 aromatic heterocycles. The van der Waals surface area contributed by atoms with Crippen LogP contribution < -0.4 is 5.32 Å². The Balaban J connectivity index is 0.000000640. The number of nitrogens with one attached hydrogen (secondary N) is 1. The minimum absolute atomic E-state index is 0. The molecular formula is C6H13ClN2. The van der Waals surface area contributed by atoms with Crippen LogP contribution in [0.4, 0.5) is 0 Å². The van der Waals surface area contributed by atoms with E-state index in [1.54, 1.807) is 0 Å². The van der Waals surface area contributed by atoms with Crippen LogP contribution in [0.1, 0.15) is 19.3 Å². The maximum absolute atomic E-state index is 4.25. The number of rotatable bonds is 0. The summed E-state index contributed by atoms with van der Waals surface area (Å²) in [5.74, 6) is 1.18. The lowest BCUT2D eigenvalue weighted by atomic mass is 10.2. The Kier molecular flexibility index (Phi) is 4.50. The molecule has 0 fully saturated rings. The highest BCUT2D eigenvalue weighted by molar-refractivity contribution is 5.85. The number of hydrogen-bond donors (Lipinski definition) is 1. The van der Waals surface area contributed by atoms with Gasteiger partial charge >= 0.3 is 0 Å². The first-order valence-electron chi connectivity index (χ1n) is 3.14. The summed E-state index contributed by atoms with van der Waals surface area (Å²) in [6.07, 6.45) is 3.72. The Morgan fingerprint density at radius 3 is 2.56 bits per heavy atom. The van der Waals surface area contributed by atoms with Crippen molar-refractivity contribution in [1.82, 2.24) is 5.32 Å². The minimum Gasteiger partial charge on any atom is -0.377 e. The zero-order valence-corrected chi connectivity index (χ0v) is 6.50. The fourth-order valence-corrected chi connectivity index (χ4v) is 0.901. The number of aliphatic imine (C=N–C) groups is 1. The fraction of sp³-hybridized carbons (Fsp3) is 0.833. The van der Waals surface area contributed by atoms with E-state index in [0.29, 0.717) is 0 Å². The third-order valence-corrected chi connectivity index (χ3v) is 1.41. The van der Waals surface area contributed by atoms with E-state index < -0.39 is 0 Å². The third-order valence-electron chi connectivity index (χ3n) is 1.41. The summed E-state index contributed by atoms with van der Waals surface area (Å²) < 4.78 is 0. The highest BCUT2D eigenvalue weighted by atomic mass is 35.5. The van der Waals surface area contributed by atoms with Crippen LogP contribution in [0, 0.1) is 0 Å².